The molecule has 0 bridgehead atoms. The molecule has 1 fully saturated rings. The SMILES string of the molecule is CCCC(C)(CCC(=O)c1c(C2CC2)nn2c(OCc3c(F)ccc(F)c3F)cc(C)cc12)CC(=O)OCc1ccccc1. The van der Waals surface area contributed by atoms with Crippen LogP contribution in [0.25, 0.3) is 5.52 Å². The van der Waals surface area contributed by atoms with Gasteiger partial charge in [0.25, 0.3) is 0 Å². The lowest BCUT2D eigenvalue weighted by molar-refractivity contribution is -0.147. The number of carbonyl (C=O) groups is 2. The highest BCUT2D eigenvalue weighted by atomic mass is 19.2. The minimum Gasteiger partial charge on any atom is -0.473 e. The number of pyridine rings is 1. The summed E-state index contributed by atoms with van der Waals surface area (Å²) >= 11 is 0. The Kier molecular flexibility index (Phi) is 9.42. The molecule has 0 aliphatic heterocycles. The zero-order valence-corrected chi connectivity index (χ0v) is 25.3. The van der Waals surface area contributed by atoms with E-state index < -0.39 is 35.0 Å². The van der Waals surface area contributed by atoms with Crippen molar-refractivity contribution in [3.8, 4) is 5.88 Å². The van der Waals surface area contributed by atoms with E-state index in [1.807, 2.05) is 50.2 Å². The van der Waals surface area contributed by atoms with Crippen molar-refractivity contribution in [1.29, 1.82) is 0 Å². The van der Waals surface area contributed by atoms with E-state index in [2.05, 4.69) is 6.92 Å². The molecular formula is C35H37F3N2O4. The van der Waals surface area contributed by atoms with Crippen LogP contribution in [0.1, 0.15) is 97.5 Å². The van der Waals surface area contributed by atoms with Crippen LogP contribution in [0.2, 0.25) is 0 Å². The number of fused-ring (bicyclic) bond motifs is 1. The van der Waals surface area contributed by atoms with Gasteiger partial charge in [0.15, 0.2) is 17.4 Å². The number of Topliss-reactive ketones (excluding diaryl/α,β-unsaturated/α-hetero) is 1. The van der Waals surface area contributed by atoms with Gasteiger partial charge in [-0.1, -0.05) is 50.6 Å². The lowest BCUT2D eigenvalue weighted by Gasteiger charge is -2.28. The first-order valence-corrected chi connectivity index (χ1v) is 15.1. The van der Waals surface area contributed by atoms with Gasteiger partial charge in [-0.25, -0.2) is 17.7 Å². The molecular weight excluding hydrogens is 569 g/mol. The Balaban J connectivity index is 1.35. The highest BCUT2D eigenvalue weighted by Crippen LogP contribution is 2.43. The molecule has 1 aliphatic rings. The van der Waals surface area contributed by atoms with Gasteiger partial charge in [-0.3, -0.25) is 9.59 Å². The third-order valence-electron chi connectivity index (χ3n) is 8.24. The van der Waals surface area contributed by atoms with Gasteiger partial charge < -0.3 is 9.47 Å². The zero-order valence-electron chi connectivity index (χ0n) is 25.3. The van der Waals surface area contributed by atoms with Crippen molar-refractivity contribution in [1.82, 2.24) is 9.61 Å². The molecule has 4 aromatic rings. The summed E-state index contributed by atoms with van der Waals surface area (Å²) in [7, 11) is 0. The minimum absolute atomic E-state index is 0.0827. The number of ketones is 1. The first kappa shape index (κ1) is 31.3. The Morgan fingerprint density at radius 2 is 1.73 bits per heavy atom. The van der Waals surface area contributed by atoms with Crippen LogP contribution in [0.4, 0.5) is 13.2 Å². The number of ether oxygens (including phenoxy) is 2. The number of nitrogens with zero attached hydrogens (tertiary/aromatic N) is 2. The first-order valence-electron chi connectivity index (χ1n) is 15.1. The number of aromatic nitrogens is 2. The first-order chi connectivity index (χ1) is 21.1. The van der Waals surface area contributed by atoms with E-state index in [0.717, 1.165) is 48.9 Å². The van der Waals surface area contributed by atoms with E-state index in [1.54, 1.807) is 6.07 Å². The van der Waals surface area contributed by atoms with E-state index >= 15 is 0 Å². The fourth-order valence-electron chi connectivity index (χ4n) is 5.72. The van der Waals surface area contributed by atoms with Gasteiger partial charge in [0.2, 0.25) is 5.88 Å². The van der Waals surface area contributed by atoms with Crippen LogP contribution in [0, 0.1) is 29.8 Å². The predicted molar refractivity (Wildman–Crippen MR) is 160 cm³/mol. The molecule has 232 valence electrons. The zero-order chi connectivity index (χ0) is 31.4. The van der Waals surface area contributed by atoms with Crippen LogP contribution in [0.5, 0.6) is 5.88 Å². The molecule has 5 rings (SSSR count). The monoisotopic (exact) mass is 606 g/mol. The molecule has 0 amide bonds. The van der Waals surface area contributed by atoms with Crippen molar-refractivity contribution < 1.29 is 32.2 Å². The maximum Gasteiger partial charge on any atom is 0.306 e. The molecule has 1 unspecified atom stereocenters. The topological polar surface area (TPSA) is 69.9 Å². The number of halogens is 3. The lowest BCUT2D eigenvalue weighted by Crippen LogP contribution is -2.23. The molecule has 0 spiro atoms. The molecule has 2 aromatic heterocycles. The largest absolute Gasteiger partial charge is 0.473 e. The van der Waals surface area contributed by atoms with Crippen LogP contribution >= 0.6 is 0 Å². The van der Waals surface area contributed by atoms with Gasteiger partial charge in [-0.15, -0.1) is 0 Å². The van der Waals surface area contributed by atoms with Crippen molar-refractivity contribution in [2.24, 2.45) is 5.41 Å². The van der Waals surface area contributed by atoms with Crippen molar-refractivity contribution in [3.05, 3.63) is 100.0 Å². The van der Waals surface area contributed by atoms with Crippen molar-refractivity contribution in [2.45, 2.75) is 84.8 Å². The summed E-state index contributed by atoms with van der Waals surface area (Å²) in [4.78, 5) is 26.7. The summed E-state index contributed by atoms with van der Waals surface area (Å²) in [5.74, 6) is -3.43. The quantitative estimate of drug-likeness (QED) is 0.0819. The number of rotatable bonds is 14. The molecule has 6 nitrogen and oxygen atoms in total. The number of hydrogen-bond acceptors (Lipinski definition) is 5. The highest BCUT2D eigenvalue weighted by molar-refractivity contribution is 6.04. The Morgan fingerprint density at radius 1 is 1.00 bits per heavy atom. The molecule has 44 heavy (non-hydrogen) atoms. The predicted octanol–water partition coefficient (Wildman–Crippen LogP) is 8.42. The molecule has 1 saturated carbocycles. The van der Waals surface area contributed by atoms with Gasteiger partial charge in [0.05, 0.1) is 28.8 Å². The van der Waals surface area contributed by atoms with Crippen LogP contribution in [-0.4, -0.2) is 21.4 Å². The van der Waals surface area contributed by atoms with E-state index in [-0.39, 0.29) is 43.0 Å². The van der Waals surface area contributed by atoms with E-state index in [1.165, 1.54) is 4.52 Å². The third kappa shape index (κ3) is 7.14. The minimum atomic E-state index is -1.30. The fourth-order valence-corrected chi connectivity index (χ4v) is 5.72. The summed E-state index contributed by atoms with van der Waals surface area (Å²) in [6.07, 6.45) is 4.33. The molecule has 1 atom stereocenters. The highest BCUT2D eigenvalue weighted by Gasteiger charge is 2.35. The maximum absolute atomic E-state index is 14.3. The molecule has 9 heteroatoms. The number of esters is 1. The van der Waals surface area contributed by atoms with E-state index in [0.29, 0.717) is 23.2 Å². The molecule has 2 heterocycles. The maximum atomic E-state index is 14.3. The number of aryl methyl sites for hydroxylation is 1. The van der Waals surface area contributed by atoms with Gasteiger partial charge >= 0.3 is 5.97 Å². The van der Waals surface area contributed by atoms with Gasteiger partial charge in [0, 0.05) is 18.4 Å². The van der Waals surface area contributed by atoms with Crippen molar-refractivity contribution >= 4 is 17.3 Å². The fraction of sp³-hybridized carbons (Fsp3) is 0.400. The Morgan fingerprint density at radius 3 is 2.43 bits per heavy atom. The second-order valence-electron chi connectivity index (χ2n) is 12.1. The van der Waals surface area contributed by atoms with Crippen molar-refractivity contribution in [2.75, 3.05) is 0 Å². The lowest BCUT2D eigenvalue weighted by atomic mass is 9.77. The summed E-state index contributed by atoms with van der Waals surface area (Å²) in [5.41, 5.74) is 2.46. The van der Waals surface area contributed by atoms with E-state index in [4.69, 9.17) is 14.6 Å². The van der Waals surface area contributed by atoms with Crippen LogP contribution in [-0.2, 0) is 22.7 Å². The number of carbonyl (C=O) groups excluding carboxylic acids is 2. The average molecular weight is 607 g/mol. The molecule has 1 aliphatic carbocycles. The van der Waals surface area contributed by atoms with Gasteiger partial charge in [0.1, 0.15) is 19.0 Å². The number of benzene rings is 2. The van der Waals surface area contributed by atoms with Crippen LogP contribution in [0.3, 0.4) is 0 Å². The summed E-state index contributed by atoms with van der Waals surface area (Å²) < 4.78 is 55.1. The van der Waals surface area contributed by atoms with Crippen LogP contribution < -0.4 is 4.74 Å². The van der Waals surface area contributed by atoms with Crippen molar-refractivity contribution in [3.63, 3.8) is 0 Å². The van der Waals surface area contributed by atoms with E-state index in [9.17, 15) is 22.8 Å². The van der Waals surface area contributed by atoms with Gasteiger partial charge in [-0.05, 0) is 67.3 Å². The van der Waals surface area contributed by atoms with Gasteiger partial charge in [-0.2, -0.15) is 5.10 Å². The Hall–Kier alpha value is -4.14. The molecule has 0 radical (unpaired) electrons. The number of hydrogen-bond donors (Lipinski definition) is 0. The Labute approximate surface area is 255 Å². The van der Waals surface area contributed by atoms with Crippen LogP contribution in [0.15, 0.2) is 54.6 Å². The molecule has 0 saturated heterocycles. The molecule has 2 aromatic carbocycles. The third-order valence-corrected chi connectivity index (χ3v) is 8.24. The average Bonchev–Trinajstić information content (AvgIpc) is 3.77. The Bertz CT molecular complexity index is 1670. The summed E-state index contributed by atoms with van der Waals surface area (Å²) in [5, 5.41) is 4.73. The standard InChI is InChI=1S/C35H37F3N2O4/c1-4-15-35(3,19-31(42)44-20-23-8-6-5-7-9-23)16-14-29(41)32-28-17-22(2)18-30(40(28)39-34(32)24-10-11-24)43-21-25-26(36)12-13-27(37)33(25)38/h5-9,12-13,17-18,24H,4,10-11,14-16,19-21H2,1-3H3. The second-order valence-corrected chi connectivity index (χ2v) is 12.1. The smallest absolute Gasteiger partial charge is 0.306 e. The summed E-state index contributed by atoms with van der Waals surface area (Å²) in [6, 6.07) is 14.6. The molecule has 0 N–H and O–H groups in total. The second kappa shape index (κ2) is 13.2. The normalized spacial score (nSPS) is 14.4. The summed E-state index contributed by atoms with van der Waals surface area (Å²) in [6.45, 7) is 5.55.